The maximum absolute atomic E-state index is 14.0. The van der Waals surface area contributed by atoms with Crippen molar-refractivity contribution in [3.63, 3.8) is 0 Å². The summed E-state index contributed by atoms with van der Waals surface area (Å²) in [7, 11) is 0. The second kappa shape index (κ2) is 7.10. The van der Waals surface area contributed by atoms with Crippen molar-refractivity contribution in [1.29, 1.82) is 0 Å². The molecule has 1 spiro atoms. The lowest BCUT2D eigenvalue weighted by atomic mass is 9.79. The van der Waals surface area contributed by atoms with Crippen molar-refractivity contribution in [2.45, 2.75) is 76.3 Å². The summed E-state index contributed by atoms with van der Waals surface area (Å²) in [5.41, 5.74) is 1.21. The maximum Gasteiger partial charge on any atom is 0.226 e. The van der Waals surface area contributed by atoms with Crippen molar-refractivity contribution in [3.05, 3.63) is 35.6 Å². The lowest BCUT2D eigenvalue weighted by Crippen LogP contribution is -2.51. The third-order valence-electron chi connectivity index (χ3n) is 8.16. The molecular weight excluding hydrogens is 367 g/mol. The Balaban J connectivity index is 1.50. The molecule has 0 aromatic heterocycles. The molecule has 0 unspecified atom stereocenters. The first-order valence-electron chi connectivity index (χ1n) is 11.3. The van der Waals surface area contributed by atoms with E-state index in [2.05, 4.69) is 4.90 Å². The van der Waals surface area contributed by atoms with Crippen LogP contribution in [-0.2, 0) is 9.59 Å². The number of likely N-dealkylation sites (tertiary alicyclic amines) is 2. The Morgan fingerprint density at radius 1 is 1.10 bits per heavy atom. The van der Waals surface area contributed by atoms with Gasteiger partial charge in [0.25, 0.3) is 0 Å². The van der Waals surface area contributed by atoms with E-state index < -0.39 is 0 Å². The molecule has 2 saturated carbocycles. The summed E-state index contributed by atoms with van der Waals surface area (Å²) in [6, 6.07) is 6.77. The standard InChI is InChI=1S/C24H31FN2O2/c1-16(28)26-12-4-2-3-9-21-22(26)19(17-7-5-8-18(25)13-17)15-27(21)23(29)20-14-24(20)10-6-11-24/h5,7-8,13,19-22H,2-4,6,9-12,14-15H2,1H3/t19-,20-,21+,22-/m0/s1. The molecule has 0 N–H and O–H groups in total. The van der Waals surface area contributed by atoms with Gasteiger partial charge in [-0.3, -0.25) is 9.59 Å². The minimum absolute atomic E-state index is 0.0160. The van der Waals surface area contributed by atoms with E-state index in [-0.39, 0.29) is 35.6 Å². The summed E-state index contributed by atoms with van der Waals surface area (Å²) in [5, 5.41) is 0. The van der Waals surface area contributed by atoms with Crippen LogP contribution in [0.15, 0.2) is 24.3 Å². The van der Waals surface area contributed by atoms with E-state index in [1.54, 1.807) is 19.1 Å². The number of benzene rings is 1. The van der Waals surface area contributed by atoms with Crippen molar-refractivity contribution in [2.24, 2.45) is 11.3 Å². The molecule has 0 bridgehead atoms. The number of carbonyl (C=O) groups is 2. The molecule has 4 aliphatic rings. The molecule has 1 aromatic carbocycles. The third kappa shape index (κ3) is 3.17. The van der Waals surface area contributed by atoms with E-state index in [9.17, 15) is 14.0 Å². The van der Waals surface area contributed by atoms with E-state index in [1.807, 2.05) is 11.0 Å². The van der Waals surface area contributed by atoms with Crippen LogP contribution in [0.3, 0.4) is 0 Å². The van der Waals surface area contributed by atoms with Gasteiger partial charge in [0.2, 0.25) is 11.8 Å². The average Bonchev–Trinajstić information content (AvgIpc) is 3.32. The van der Waals surface area contributed by atoms with Gasteiger partial charge in [0.05, 0.1) is 12.1 Å². The fourth-order valence-electron chi connectivity index (χ4n) is 6.36. The van der Waals surface area contributed by atoms with Gasteiger partial charge in [-0.15, -0.1) is 0 Å². The Morgan fingerprint density at radius 3 is 2.59 bits per heavy atom. The third-order valence-corrected chi connectivity index (χ3v) is 8.16. The van der Waals surface area contributed by atoms with Crippen molar-refractivity contribution in [2.75, 3.05) is 13.1 Å². The fraction of sp³-hybridized carbons (Fsp3) is 0.667. The number of carbonyl (C=O) groups excluding carboxylic acids is 2. The van der Waals surface area contributed by atoms with Gasteiger partial charge in [0, 0.05) is 31.8 Å². The normalized spacial score (nSPS) is 32.9. The van der Waals surface area contributed by atoms with Crippen LogP contribution in [0.25, 0.3) is 0 Å². The van der Waals surface area contributed by atoms with Gasteiger partial charge in [-0.1, -0.05) is 31.4 Å². The fourth-order valence-corrected chi connectivity index (χ4v) is 6.36. The molecular formula is C24H31FN2O2. The lowest BCUT2D eigenvalue weighted by molar-refractivity contribution is -0.138. The summed E-state index contributed by atoms with van der Waals surface area (Å²) in [6.45, 7) is 2.97. The van der Waals surface area contributed by atoms with Crippen LogP contribution in [0.4, 0.5) is 4.39 Å². The van der Waals surface area contributed by atoms with E-state index in [4.69, 9.17) is 0 Å². The second-order valence-corrected chi connectivity index (χ2v) is 9.74. The van der Waals surface area contributed by atoms with Crippen molar-refractivity contribution in [3.8, 4) is 0 Å². The zero-order valence-electron chi connectivity index (χ0n) is 17.3. The molecule has 2 aliphatic carbocycles. The Kier molecular flexibility index (Phi) is 4.67. The highest BCUT2D eigenvalue weighted by atomic mass is 19.1. The number of fused-ring (bicyclic) bond motifs is 1. The molecule has 156 valence electrons. The summed E-state index contributed by atoms with van der Waals surface area (Å²) >= 11 is 0. The van der Waals surface area contributed by atoms with Gasteiger partial charge in [-0.05, 0) is 55.2 Å². The zero-order valence-corrected chi connectivity index (χ0v) is 17.3. The number of hydrogen-bond acceptors (Lipinski definition) is 2. The molecule has 4 nitrogen and oxygen atoms in total. The largest absolute Gasteiger partial charge is 0.337 e. The summed E-state index contributed by atoms with van der Waals surface area (Å²) < 4.78 is 14.0. The van der Waals surface area contributed by atoms with Crippen LogP contribution in [-0.4, -0.2) is 46.8 Å². The topological polar surface area (TPSA) is 40.6 Å². The van der Waals surface area contributed by atoms with Crippen LogP contribution >= 0.6 is 0 Å². The van der Waals surface area contributed by atoms with Crippen LogP contribution < -0.4 is 0 Å². The second-order valence-electron chi connectivity index (χ2n) is 9.74. The predicted molar refractivity (Wildman–Crippen MR) is 109 cm³/mol. The molecule has 29 heavy (non-hydrogen) atoms. The van der Waals surface area contributed by atoms with Gasteiger partial charge in [0.15, 0.2) is 0 Å². The molecule has 0 radical (unpaired) electrons. The monoisotopic (exact) mass is 398 g/mol. The summed E-state index contributed by atoms with van der Waals surface area (Å²) in [5.74, 6) is 0.277. The zero-order chi connectivity index (χ0) is 20.2. The van der Waals surface area contributed by atoms with Crippen LogP contribution in [0, 0.1) is 17.2 Å². The van der Waals surface area contributed by atoms with E-state index in [0.29, 0.717) is 17.9 Å². The number of halogens is 1. The maximum atomic E-state index is 14.0. The first-order valence-corrected chi connectivity index (χ1v) is 11.3. The molecule has 4 atom stereocenters. The van der Waals surface area contributed by atoms with Crippen molar-refractivity contribution < 1.29 is 14.0 Å². The molecule has 2 amide bonds. The molecule has 4 fully saturated rings. The molecule has 5 heteroatoms. The molecule has 2 heterocycles. The highest BCUT2D eigenvalue weighted by molar-refractivity contribution is 5.84. The Bertz CT molecular complexity index is 821. The number of amides is 2. The number of nitrogens with zero attached hydrogens (tertiary/aromatic N) is 2. The van der Waals surface area contributed by atoms with Gasteiger partial charge in [-0.2, -0.15) is 0 Å². The van der Waals surface area contributed by atoms with Crippen LogP contribution in [0.1, 0.15) is 69.8 Å². The first-order chi connectivity index (χ1) is 14.0. The van der Waals surface area contributed by atoms with Gasteiger partial charge >= 0.3 is 0 Å². The quantitative estimate of drug-likeness (QED) is 0.753. The van der Waals surface area contributed by atoms with Crippen molar-refractivity contribution in [1.82, 2.24) is 9.80 Å². The average molecular weight is 399 g/mol. The van der Waals surface area contributed by atoms with Gasteiger partial charge in [-0.25, -0.2) is 4.39 Å². The Labute approximate surface area is 172 Å². The molecule has 2 aliphatic heterocycles. The van der Waals surface area contributed by atoms with E-state index >= 15 is 0 Å². The van der Waals surface area contributed by atoms with Crippen LogP contribution in [0.2, 0.25) is 0 Å². The Hall–Kier alpha value is -1.91. The van der Waals surface area contributed by atoms with Gasteiger partial charge in [0.1, 0.15) is 5.82 Å². The lowest BCUT2D eigenvalue weighted by Gasteiger charge is -2.39. The van der Waals surface area contributed by atoms with E-state index in [1.165, 1.54) is 25.3 Å². The Morgan fingerprint density at radius 2 is 1.93 bits per heavy atom. The SMILES string of the molecule is CC(=O)N1CCCCC[C@@H]2[C@@H]1[C@H](c1cccc(F)c1)CN2C(=O)[C@@H]1CC12CCC2. The highest BCUT2D eigenvalue weighted by Gasteiger charge is 2.63. The highest BCUT2D eigenvalue weighted by Crippen LogP contribution is 2.66. The number of hydrogen-bond donors (Lipinski definition) is 0. The van der Waals surface area contributed by atoms with Crippen molar-refractivity contribution >= 4 is 11.8 Å². The minimum atomic E-state index is -0.250. The molecule has 1 aromatic rings. The first kappa shape index (κ1) is 19.1. The van der Waals surface area contributed by atoms with Crippen LogP contribution in [0.5, 0.6) is 0 Å². The molecule has 5 rings (SSSR count). The molecule has 2 saturated heterocycles. The van der Waals surface area contributed by atoms with Gasteiger partial charge < -0.3 is 9.80 Å². The summed E-state index contributed by atoms with van der Waals surface area (Å²) in [4.78, 5) is 30.2. The smallest absolute Gasteiger partial charge is 0.226 e. The summed E-state index contributed by atoms with van der Waals surface area (Å²) in [6.07, 6.45) is 8.79. The predicted octanol–water partition coefficient (Wildman–Crippen LogP) is 4.10. The minimum Gasteiger partial charge on any atom is -0.337 e. The number of rotatable bonds is 2. The van der Waals surface area contributed by atoms with E-state index in [0.717, 1.165) is 44.2 Å².